The number of hydrogen-bond acceptors (Lipinski definition) is 3. The number of morpholine rings is 1. The summed E-state index contributed by atoms with van der Waals surface area (Å²) in [6.45, 7) is 7.07. The number of benzene rings is 2. The molecule has 0 radical (unpaired) electrons. The number of ether oxygens (including phenoxy) is 1. The Hall–Kier alpha value is -2.17. The highest BCUT2D eigenvalue weighted by atomic mass is 16.5. The van der Waals surface area contributed by atoms with Crippen LogP contribution in [-0.4, -0.2) is 29.5 Å². The molecule has 2 aromatic carbocycles. The summed E-state index contributed by atoms with van der Waals surface area (Å²) in [4.78, 5) is 15.2. The number of carbonyl (C=O) groups excluding carboxylic acids is 1. The molecule has 2 aromatic rings. The fourth-order valence-electron chi connectivity index (χ4n) is 3.47. The normalized spacial score (nSPS) is 21.8. The first-order valence-corrected chi connectivity index (χ1v) is 9.19. The molecular weight excluding hydrogens is 324 g/mol. The first-order chi connectivity index (χ1) is 12.4. The second-order valence-corrected chi connectivity index (χ2v) is 7.70. The number of nitrogens with zero attached hydrogens (tertiary/aromatic N) is 1. The van der Waals surface area contributed by atoms with Gasteiger partial charge in [0.15, 0.2) is 0 Å². The third-order valence-electron chi connectivity index (χ3n) is 5.27. The predicted molar refractivity (Wildman–Crippen MR) is 103 cm³/mol. The molecule has 4 heteroatoms. The molecule has 26 heavy (non-hydrogen) atoms. The van der Waals surface area contributed by atoms with Gasteiger partial charge < -0.3 is 15.4 Å². The van der Waals surface area contributed by atoms with Gasteiger partial charge in [-0.2, -0.15) is 0 Å². The van der Waals surface area contributed by atoms with Crippen LogP contribution in [0.25, 0.3) is 0 Å². The molecular formula is C22H28N2O2. The molecule has 138 valence electrons. The van der Waals surface area contributed by atoms with E-state index in [1.54, 1.807) is 0 Å². The van der Waals surface area contributed by atoms with Crippen molar-refractivity contribution in [1.82, 2.24) is 4.90 Å². The lowest BCUT2D eigenvalue weighted by Crippen LogP contribution is -2.58. The maximum absolute atomic E-state index is 13.3. The van der Waals surface area contributed by atoms with Crippen LogP contribution in [0.1, 0.15) is 44.0 Å². The minimum Gasteiger partial charge on any atom is -0.369 e. The topological polar surface area (TPSA) is 55.6 Å². The molecule has 3 rings (SSSR count). The lowest BCUT2D eigenvalue weighted by atomic mass is 9.90. The summed E-state index contributed by atoms with van der Waals surface area (Å²) in [6, 6.07) is 19.6. The summed E-state index contributed by atoms with van der Waals surface area (Å²) in [5, 5.41) is 0. The molecule has 3 atom stereocenters. The van der Waals surface area contributed by atoms with Crippen molar-refractivity contribution >= 4 is 5.91 Å². The molecule has 0 aliphatic carbocycles. The van der Waals surface area contributed by atoms with Gasteiger partial charge in [0, 0.05) is 6.04 Å². The monoisotopic (exact) mass is 352 g/mol. The quantitative estimate of drug-likeness (QED) is 0.913. The Kier molecular flexibility index (Phi) is 5.44. The summed E-state index contributed by atoms with van der Waals surface area (Å²) in [7, 11) is 0. The highest BCUT2D eigenvalue weighted by molar-refractivity contribution is 5.80. The highest BCUT2D eigenvalue weighted by Crippen LogP contribution is 2.33. The van der Waals surface area contributed by atoms with Crippen molar-refractivity contribution in [1.29, 1.82) is 0 Å². The van der Waals surface area contributed by atoms with Crippen molar-refractivity contribution in [2.45, 2.75) is 38.5 Å². The largest absolute Gasteiger partial charge is 0.369 e. The van der Waals surface area contributed by atoms with E-state index >= 15 is 0 Å². The van der Waals surface area contributed by atoms with Gasteiger partial charge in [0.25, 0.3) is 0 Å². The van der Waals surface area contributed by atoms with Crippen molar-refractivity contribution < 1.29 is 9.53 Å². The van der Waals surface area contributed by atoms with Crippen LogP contribution in [0.2, 0.25) is 0 Å². The van der Waals surface area contributed by atoms with E-state index in [9.17, 15) is 4.79 Å². The first kappa shape index (κ1) is 18.6. The van der Waals surface area contributed by atoms with Gasteiger partial charge in [-0.15, -0.1) is 0 Å². The van der Waals surface area contributed by atoms with Gasteiger partial charge in [-0.05, 0) is 25.0 Å². The minimum atomic E-state index is -0.354. The molecule has 4 nitrogen and oxygen atoms in total. The lowest BCUT2D eigenvalue weighted by Gasteiger charge is -2.47. The number of nitrogens with two attached hydrogens (primary N) is 1. The van der Waals surface area contributed by atoms with E-state index in [4.69, 9.17) is 10.5 Å². The summed E-state index contributed by atoms with van der Waals surface area (Å²) in [5.41, 5.74) is 8.13. The Labute approximate surface area is 156 Å². The maximum atomic E-state index is 13.3. The molecule has 0 aromatic heterocycles. The van der Waals surface area contributed by atoms with Crippen LogP contribution >= 0.6 is 0 Å². The predicted octanol–water partition coefficient (Wildman–Crippen LogP) is 3.70. The third-order valence-corrected chi connectivity index (χ3v) is 5.27. The van der Waals surface area contributed by atoms with E-state index in [1.165, 1.54) is 0 Å². The van der Waals surface area contributed by atoms with Crippen LogP contribution < -0.4 is 5.73 Å². The Morgan fingerprint density at radius 1 is 1.12 bits per heavy atom. The van der Waals surface area contributed by atoms with Gasteiger partial charge in [-0.3, -0.25) is 4.79 Å². The standard InChI is InChI=1S/C22H28N2O2/c1-16(20(23)18-12-8-5-9-13-18)21(25)24-14-19(26-15-22(24,2)3)17-10-6-4-7-11-17/h4-13,16,19-20H,14-15,23H2,1-3H3. The van der Waals surface area contributed by atoms with E-state index in [0.717, 1.165) is 11.1 Å². The molecule has 1 amide bonds. The minimum absolute atomic E-state index is 0.0792. The van der Waals surface area contributed by atoms with E-state index in [2.05, 4.69) is 0 Å². The van der Waals surface area contributed by atoms with Crippen molar-refractivity contribution in [3.05, 3.63) is 71.8 Å². The van der Waals surface area contributed by atoms with Crippen molar-refractivity contribution in [3.8, 4) is 0 Å². The van der Waals surface area contributed by atoms with Crippen molar-refractivity contribution in [2.24, 2.45) is 11.7 Å². The van der Waals surface area contributed by atoms with Gasteiger partial charge in [0.1, 0.15) is 6.10 Å². The van der Waals surface area contributed by atoms with E-state index < -0.39 is 0 Å². The molecule has 1 fully saturated rings. The molecule has 1 heterocycles. The molecule has 0 saturated carbocycles. The van der Waals surface area contributed by atoms with Crippen molar-refractivity contribution in [3.63, 3.8) is 0 Å². The fourth-order valence-corrected chi connectivity index (χ4v) is 3.47. The Morgan fingerprint density at radius 3 is 2.31 bits per heavy atom. The molecule has 0 spiro atoms. The second kappa shape index (κ2) is 7.60. The second-order valence-electron chi connectivity index (χ2n) is 7.70. The SMILES string of the molecule is CC(C(=O)N1CC(c2ccccc2)OCC1(C)C)C(N)c1ccccc1. The molecule has 0 bridgehead atoms. The highest BCUT2D eigenvalue weighted by Gasteiger charge is 2.41. The summed E-state index contributed by atoms with van der Waals surface area (Å²) < 4.78 is 6.06. The molecule has 2 N–H and O–H groups in total. The molecule has 1 aliphatic heterocycles. The number of carbonyl (C=O) groups is 1. The van der Waals surface area contributed by atoms with Crippen LogP contribution in [0.3, 0.4) is 0 Å². The van der Waals surface area contributed by atoms with E-state index in [-0.39, 0.29) is 29.5 Å². The average molecular weight is 352 g/mol. The first-order valence-electron chi connectivity index (χ1n) is 9.19. The summed E-state index contributed by atoms with van der Waals surface area (Å²) in [6.07, 6.45) is -0.103. The Balaban J connectivity index is 1.79. The molecule has 1 aliphatic rings. The molecule has 1 saturated heterocycles. The number of amides is 1. The number of hydrogen-bond donors (Lipinski definition) is 1. The number of rotatable bonds is 4. The van der Waals surface area contributed by atoms with Crippen molar-refractivity contribution in [2.75, 3.05) is 13.2 Å². The van der Waals surface area contributed by atoms with Gasteiger partial charge in [0.2, 0.25) is 5.91 Å². The zero-order valence-corrected chi connectivity index (χ0v) is 15.8. The fraction of sp³-hybridized carbons (Fsp3) is 0.409. The Morgan fingerprint density at radius 2 is 1.69 bits per heavy atom. The van der Waals surface area contributed by atoms with Crippen LogP contribution in [0.4, 0.5) is 0 Å². The van der Waals surface area contributed by atoms with E-state index in [0.29, 0.717) is 13.2 Å². The van der Waals surface area contributed by atoms with Gasteiger partial charge in [-0.25, -0.2) is 0 Å². The van der Waals surface area contributed by atoms with Crippen LogP contribution in [-0.2, 0) is 9.53 Å². The van der Waals surface area contributed by atoms with Crippen LogP contribution in [0, 0.1) is 5.92 Å². The maximum Gasteiger partial charge on any atom is 0.227 e. The average Bonchev–Trinajstić information content (AvgIpc) is 2.67. The van der Waals surface area contributed by atoms with Gasteiger partial charge in [0.05, 0.1) is 24.6 Å². The third kappa shape index (κ3) is 3.81. The molecule has 3 unspecified atom stereocenters. The zero-order chi connectivity index (χ0) is 18.7. The van der Waals surface area contributed by atoms with Gasteiger partial charge >= 0.3 is 0 Å². The smallest absolute Gasteiger partial charge is 0.227 e. The van der Waals surface area contributed by atoms with Crippen LogP contribution in [0.15, 0.2) is 60.7 Å². The zero-order valence-electron chi connectivity index (χ0n) is 15.8. The lowest BCUT2D eigenvalue weighted by molar-refractivity contribution is -0.159. The summed E-state index contributed by atoms with van der Waals surface area (Å²) in [5.74, 6) is -0.221. The Bertz CT molecular complexity index is 730. The summed E-state index contributed by atoms with van der Waals surface area (Å²) >= 11 is 0. The van der Waals surface area contributed by atoms with E-state index in [1.807, 2.05) is 86.3 Å². The van der Waals surface area contributed by atoms with Gasteiger partial charge in [-0.1, -0.05) is 67.6 Å². The van der Waals surface area contributed by atoms with Crippen LogP contribution in [0.5, 0.6) is 0 Å².